The van der Waals surface area contributed by atoms with E-state index in [2.05, 4.69) is 216 Å². The van der Waals surface area contributed by atoms with Gasteiger partial charge in [-0.05, 0) is 71.1 Å². The number of nitrogens with zero attached hydrogens (tertiary/aromatic N) is 4. The molecule has 4 heterocycles. The van der Waals surface area contributed by atoms with Crippen LogP contribution in [0.15, 0.2) is 235 Å². The van der Waals surface area contributed by atoms with Crippen LogP contribution in [0.2, 0.25) is 0 Å². The predicted octanol–water partition coefficient (Wildman–Crippen LogP) is 17.5. The third-order valence-corrected chi connectivity index (χ3v) is 14.6. The Balaban J connectivity index is 1.05. The predicted molar refractivity (Wildman–Crippen MR) is 285 cm³/mol. The quantitative estimate of drug-likeness (QED) is 0.160. The van der Waals surface area contributed by atoms with Gasteiger partial charge >= 0.3 is 0 Å². The summed E-state index contributed by atoms with van der Waals surface area (Å²) in [6.07, 6.45) is 0. The van der Waals surface area contributed by atoms with Gasteiger partial charge in [0, 0.05) is 75.7 Å². The van der Waals surface area contributed by atoms with E-state index in [9.17, 15) is 0 Å². The molecule has 14 aromatic rings. The fraction of sp³-hybridized carbons (Fsp3) is 0. The molecule has 0 saturated heterocycles. The van der Waals surface area contributed by atoms with Crippen molar-refractivity contribution in [1.29, 1.82) is 0 Å². The largest absolute Gasteiger partial charge is 0.456 e. The molecule has 0 spiro atoms. The first-order chi connectivity index (χ1) is 33.7. The highest BCUT2D eigenvalue weighted by atomic mass is 32.1. The van der Waals surface area contributed by atoms with Crippen LogP contribution in [0.1, 0.15) is 0 Å². The third kappa shape index (κ3) is 6.15. The van der Waals surface area contributed by atoms with Crippen LogP contribution in [0.4, 0.5) is 17.1 Å². The van der Waals surface area contributed by atoms with Gasteiger partial charge in [0.15, 0.2) is 0 Å². The van der Waals surface area contributed by atoms with E-state index in [1.54, 1.807) is 0 Å². The molecule has 5 nitrogen and oxygen atoms in total. The average molecular weight is 887 g/mol. The van der Waals surface area contributed by atoms with Gasteiger partial charge in [-0.3, -0.25) is 4.57 Å². The van der Waals surface area contributed by atoms with E-state index in [4.69, 9.17) is 14.4 Å². The summed E-state index contributed by atoms with van der Waals surface area (Å²) in [6.45, 7) is 0. The van der Waals surface area contributed by atoms with Crippen molar-refractivity contribution in [3.63, 3.8) is 0 Å². The zero-order valence-electron chi connectivity index (χ0n) is 36.5. The zero-order chi connectivity index (χ0) is 44.7. The second-order valence-electron chi connectivity index (χ2n) is 17.3. The van der Waals surface area contributed by atoms with Gasteiger partial charge in [-0.1, -0.05) is 170 Å². The topological polar surface area (TPSA) is 47.1 Å². The molecule has 0 N–H and O–H groups in total. The standard InChI is InChI=1S/C62H38N4OS/c1-4-16-40(17-5-1)46-26-15-27-49-52-34-43(31-33-60(52)68-61(46)49)65(55-28-14-23-39-18-10-11-24-45(39)55)44-30-32-47-50-36-51-48-25-12-13-29-58(48)67-59(51)38-57(50)66(56(47)35-44)62-63-53(41-19-6-2-7-20-41)37-54(64-62)42-21-8-3-9-22-42/h1-38H. The zero-order valence-corrected chi connectivity index (χ0v) is 37.4. The highest BCUT2D eigenvalue weighted by Crippen LogP contribution is 2.47. The van der Waals surface area contributed by atoms with Crippen molar-refractivity contribution < 1.29 is 4.42 Å². The molecular formula is C62H38N4OS. The molecule has 0 aliphatic carbocycles. The van der Waals surface area contributed by atoms with Gasteiger partial charge in [0.2, 0.25) is 5.95 Å². The summed E-state index contributed by atoms with van der Waals surface area (Å²) in [7, 11) is 0. The Kier molecular flexibility index (Phi) is 8.69. The Morgan fingerprint density at radius 3 is 1.79 bits per heavy atom. The molecular weight excluding hydrogens is 849 g/mol. The molecule has 0 unspecified atom stereocenters. The molecule has 0 aliphatic heterocycles. The Hall–Kier alpha value is -8.84. The van der Waals surface area contributed by atoms with Crippen molar-refractivity contribution in [1.82, 2.24) is 14.5 Å². The molecule has 0 aliphatic rings. The number of hydrogen-bond acceptors (Lipinski definition) is 5. The molecule has 318 valence electrons. The highest BCUT2D eigenvalue weighted by Gasteiger charge is 2.23. The number of rotatable bonds is 7. The molecule has 10 aromatic carbocycles. The van der Waals surface area contributed by atoms with Crippen LogP contribution >= 0.6 is 11.3 Å². The molecule has 68 heavy (non-hydrogen) atoms. The Bertz CT molecular complexity index is 4210. The smallest absolute Gasteiger partial charge is 0.235 e. The van der Waals surface area contributed by atoms with Crippen LogP contribution in [-0.4, -0.2) is 14.5 Å². The van der Waals surface area contributed by atoms with Crippen LogP contribution in [-0.2, 0) is 0 Å². The minimum atomic E-state index is 0.579. The van der Waals surface area contributed by atoms with Crippen LogP contribution in [0.25, 0.3) is 114 Å². The lowest BCUT2D eigenvalue weighted by molar-refractivity contribution is 0.669. The molecule has 0 atom stereocenters. The first kappa shape index (κ1) is 38.4. The van der Waals surface area contributed by atoms with E-state index in [1.807, 2.05) is 35.6 Å². The van der Waals surface area contributed by atoms with E-state index in [0.717, 1.165) is 88.7 Å². The van der Waals surface area contributed by atoms with Crippen LogP contribution in [0, 0.1) is 0 Å². The number of thiophene rings is 1. The van der Waals surface area contributed by atoms with Gasteiger partial charge < -0.3 is 9.32 Å². The molecule has 0 radical (unpaired) electrons. The Morgan fingerprint density at radius 2 is 1.01 bits per heavy atom. The lowest BCUT2D eigenvalue weighted by Crippen LogP contribution is -2.11. The van der Waals surface area contributed by atoms with Crippen LogP contribution in [0.5, 0.6) is 0 Å². The lowest BCUT2D eigenvalue weighted by Gasteiger charge is -2.27. The van der Waals surface area contributed by atoms with Crippen molar-refractivity contribution in [3.8, 4) is 39.6 Å². The summed E-state index contributed by atoms with van der Waals surface area (Å²) in [5.41, 5.74) is 13.0. The molecule has 4 aromatic heterocycles. The number of benzene rings is 10. The minimum Gasteiger partial charge on any atom is -0.456 e. The van der Waals surface area contributed by atoms with E-state index in [0.29, 0.717) is 5.95 Å². The minimum absolute atomic E-state index is 0.579. The van der Waals surface area contributed by atoms with E-state index < -0.39 is 0 Å². The molecule has 6 heteroatoms. The van der Waals surface area contributed by atoms with Gasteiger partial charge in [0.25, 0.3) is 0 Å². The summed E-state index contributed by atoms with van der Waals surface area (Å²) in [5, 5.41) is 9.17. The summed E-state index contributed by atoms with van der Waals surface area (Å²) in [5.74, 6) is 0.579. The molecule has 0 amide bonds. The number of anilines is 3. The van der Waals surface area contributed by atoms with Gasteiger partial charge in [-0.15, -0.1) is 11.3 Å². The maximum atomic E-state index is 6.58. The number of fused-ring (bicyclic) bond motifs is 10. The van der Waals surface area contributed by atoms with Gasteiger partial charge in [-0.2, -0.15) is 0 Å². The lowest BCUT2D eigenvalue weighted by atomic mass is 10.0. The first-order valence-electron chi connectivity index (χ1n) is 22.9. The Morgan fingerprint density at radius 1 is 0.397 bits per heavy atom. The second kappa shape index (κ2) is 15.4. The molecule has 0 saturated carbocycles. The van der Waals surface area contributed by atoms with E-state index in [1.165, 1.54) is 36.7 Å². The van der Waals surface area contributed by atoms with E-state index >= 15 is 0 Å². The Labute approximate surface area is 395 Å². The van der Waals surface area contributed by atoms with Crippen molar-refractivity contribution in [2.24, 2.45) is 0 Å². The van der Waals surface area contributed by atoms with Crippen LogP contribution < -0.4 is 4.90 Å². The summed E-state index contributed by atoms with van der Waals surface area (Å²) >= 11 is 1.86. The first-order valence-corrected chi connectivity index (χ1v) is 23.7. The van der Waals surface area contributed by atoms with Gasteiger partial charge in [-0.25, -0.2) is 9.97 Å². The molecule has 0 bridgehead atoms. The number of furan rings is 1. The molecule has 0 fully saturated rings. The summed E-state index contributed by atoms with van der Waals surface area (Å²) < 4.78 is 11.4. The van der Waals surface area contributed by atoms with Crippen molar-refractivity contribution >= 4 is 103 Å². The average Bonchev–Trinajstić information content (AvgIpc) is 4.07. The van der Waals surface area contributed by atoms with Gasteiger partial charge in [0.1, 0.15) is 11.2 Å². The van der Waals surface area contributed by atoms with Crippen molar-refractivity contribution in [3.05, 3.63) is 231 Å². The van der Waals surface area contributed by atoms with Crippen molar-refractivity contribution in [2.75, 3.05) is 4.90 Å². The SMILES string of the molecule is c1ccc(-c2cc(-c3ccccc3)nc(-n3c4cc(N(c5ccc6sc7c(-c8ccccc8)cccc7c6c5)c5cccc6ccccc56)ccc4c4cc5c(cc43)oc3ccccc35)n2)cc1. The monoisotopic (exact) mass is 886 g/mol. The molecule has 14 rings (SSSR count). The number of para-hydroxylation sites is 1. The summed E-state index contributed by atoms with van der Waals surface area (Å²) in [4.78, 5) is 13.3. The number of hydrogen-bond donors (Lipinski definition) is 0. The fourth-order valence-corrected chi connectivity index (χ4v) is 11.4. The fourth-order valence-electron chi connectivity index (χ4n) is 10.2. The van der Waals surface area contributed by atoms with Gasteiger partial charge in [0.05, 0.1) is 28.1 Å². The maximum absolute atomic E-state index is 6.58. The van der Waals surface area contributed by atoms with Crippen LogP contribution in [0.3, 0.4) is 0 Å². The third-order valence-electron chi connectivity index (χ3n) is 13.4. The summed E-state index contributed by atoms with van der Waals surface area (Å²) in [6, 6.07) is 82.1. The maximum Gasteiger partial charge on any atom is 0.235 e. The second-order valence-corrected chi connectivity index (χ2v) is 18.4. The normalized spacial score (nSPS) is 11.8. The van der Waals surface area contributed by atoms with Crippen molar-refractivity contribution in [2.45, 2.75) is 0 Å². The highest BCUT2D eigenvalue weighted by molar-refractivity contribution is 7.26. The number of aromatic nitrogens is 3. The van der Waals surface area contributed by atoms with E-state index in [-0.39, 0.29) is 0 Å².